The number of hydrogen-bond acceptors (Lipinski definition) is 3. The lowest BCUT2D eigenvalue weighted by Gasteiger charge is -2.37. The second-order valence-electron chi connectivity index (χ2n) is 5.12. The molecule has 1 aromatic rings. The normalized spacial score (nSPS) is 23.7. The Bertz CT molecular complexity index is 434. The fraction of sp³-hybridized carbons (Fsp3) is 0.571. The molecular weight excluding hydrogens is 228 g/mol. The number of carbonyl (C=O) groups is 1. The molecule has 1 heterocycles. The molecule has 1 saturated carbocycles. The minimum absolute atomic E-state index is 0.151. The first-order valence-corrected chi connectivity index (χ1v) is 6.52. The summed E-state index contributed by atoms with van der Waals surface area (Å²) in [6, 6.07) is 4.06. The third kappa shape index (κ3) is 2.47. The predicted octanol–water partition coefficient (Wildman–Crippen LogP) is 2.79. The number of aromatic nitrogens is 1. The maximum absolute atomic E-state index is 11.2. The zero-order chi connectivity index (χ0) is 13.1. The van der Waals surface area contributed by atoms with Gasteiger partial charge in [-0.2, -0.15) is 0 Å². The zero-order valence-electron chi connectivity index (χ0n) is 11.0. The summed E-state index contributed by atoms with van der Waals surface area (Å²) in [6.45, 7) is 2.25. The first-order chi connectivity index (χ1) is 8.61. The highest BCUT2D eigenvalue weighted by Gasteiger charge is 2.27. The molecule has 1 aliphatic rings. The van der Waals surface area contributed by atoms with Crippen molar-refractivity contribution in [2.45, 2.75) is 38.6 Å². The SMILES string of the molecule is CC1CCCCC1N(C)c1cccnc1C(=O)O. The van der Waals surface area contributed by atoms with Crippen molar-refractivity contribution in [3.8, 4) is 0 Å². The summed E-state index contributed by atoms with van der Waals surface area (Å²) in [4.78, 5) is 17.3. The summed E-state index contributed by atoms with van der Waals surface area (Å²) in [7, 11) is 1.98. The Hall–Kier alpha value is -1.58. The third-order valence-electron chi connectivity index (χ3n) is 3.93. The van der Waals surface area contributed by atoms with Crippen LogP contribution in [-0.4, -0.2) is 29.1 Å². The van der Waals surface area contributed by atoms with Crippen molar-refractivity contribution in [1.29, 1.82) is 0 Å². The number of pyridine rings is 1. The molecule has 0 amide bonds. The Kier molecular flexibility index (Phi) is 3.84. The van der Waals surface area contributed by atoms with Gasteiger partial charge in [-0.3, -0.25) is 0 Å². The van der Waals surface area contributed by atoms with E-state index in [2.05, 4.69) is 16.8 Å². The molecule has 0 spiro atoms. The van der Waals surface area contributed by atoms with E-state index in [0.29, 0.717) is 12.0 Å². The molecule has 1 N–H and O–H groups in total. The minimum atomic E-state index is -0.957. The molecule has 1 aromatic heterocycles. The lowest BCUT2D eigenvalue weighted by molar-refractivity contribution is 0.0691. The summed E-state index contributed by atoms with van der Waals surface area (Å²) in [5, 5.41) is 9.19. The minimum Gasteiger partial charge on any atom is -0.476 e. The van der Waals surface area contributed by atoms with Crippen molar-refractivity contribution < 1.29 is 9.90 Å². The van der Waals surface area contributed by atoms with Crippen LogP contribution in [0.2, 0.25) is 0 Å². The number of nitrogens with zero attached hydrogens (tertiary/aromatic N) is 2. The molecule has 0 radical (unpaired) electrons. The van der Waals surface area contributed by atoms with Crippen LogP contribution in [0.1, 0.15) is 43.1 Å². The van der Waals surface area contributed by atoms with E-state index in [4.69, 9.17) is 0 Å². The maximum atomic E-state index is 11.2. The molecule has 1 fully saturated rings. The molecule has 0 bridgehead atoms. The van der Waals surface area contributed by atoms with Crippen LogP contribution >= 0.6 is 0 Å². The number of rotatable bonds is 3. The van der Waals surface area contributed by atoms with Gasteiger partial charge in [0.25, 0.3) is 0 Å². The van der Waals surface area contributed by atoms with Gasteiger partial charge in [-0.1, -0.05) is 19.8 Å². The number of aromatic carboxylic acids is 1. The van der Waals surface area contributed by atoms with Crippen molar-refractivity contribution in [1.82, 2.24) is 4.98 Å². The van der Waals surface area contributed by atoms with Gasteiger partial charge in [0.2, 0.25) is 0 Å². The standard InChI is InChI=1S/C14H20N2O2/c1-10-6-3-4-7-11(10)16(2)12-8-5-9-15-13(12)14(17)18/h5,8-11H,3-4,6-7H2,1-2H3,(H,17,18). The van der Waals surface area contributed by atoms with Crippen molar-refractivity contribution in [3.63, 3.8) is 0 Å². The average Bonchev–Trinajstić information content (AvgIpc) is 2.38. The van der Waals surface area contributed by atoms with Gasteiger partial charge in [-0.15, -0.1) is 0 Å². The Labute approximate surface area is 108 Å². The largest absolute Gasteiger partial charge is 0.476 e. The van der Waals surface area contributed by atoms with Crippen LogP contribution in [0.4, 0.5) is 5.69 Å². The summed E-state index contributed by atoms with van der Waals surface area (Å²) in [5.74, 6) is -0.355. The number of carboxylic acids is 1. The quantitative estimate of drug-likeness (QED) is 0.893. The van der Waals surface area contributed by atoms with Crippen LogP contribution in [0.25, 0.3) is 0 Å². The summed E-state index contributed by atoms with van der Waals surface area (Å²) < 4.78 is 0. The molecule has 98 valence electrons. The lowest BCUT2D eigenvalue weighted by Crippen LogP contribution is -2.39. The van der Waals surface area contributed by atoms with E-state index >= 15 is 0 Å². The highest BCUT2D eigenvalue weighted by atomic mass is 16.4. The molecule has 0 aromatic carbocycles. The van der Waals surface area contributed by atoms with E-state index in [1.54, 1.807) is 6.07 Å². The monoisotopic (exact) mass is 248 g/mol. The molecule has 0 saturated heterocycles. The van der Waals surface area contributed by atoms with Gasteiger partial charge in [0, 0.05) is 19.3 Å². The summed E-state index contributed by atoms with van der Waals surface area (Å²) in [5.41, 5.74) is 0.876. The van der Waals surface area contributed by atoms with Crippen LogP contribution in [0.5, 0.6) is 0 Å². The van der Waals surface area contributed by atoms with E-state index in [9.17, 15) is 9.90 Å². The molecule has 1 aliphatic carbocycles. The van der Waals surface area contributed by atoms with Crippen LogP contribution in [0, 0.1) is 5.92 Å². The Morgan fingerprint density at radius 3 is 2.83 bits per heavy atom. The average molecular weight is 248 g/mol. The number of carboxylic acid groups (broad SMARTS) is 1. The number of hydrogen-bond donors (Lipinski definition) is 1. The van der Waals surface area contributed by atoms with Crippen LogP contribution < -0.4 is 4.90 Å². The van der Waals surface area contributed by atoms with Gasteiger partial charge < -0.3 is 10.0 Å². The first kappa shape index (κ1) is 12.9. The van der Waals surface area contributed by atoms with E-state index in [1.807, 2.05) is 13.1 Å². The molecule has 2 atom stereocenters. The predicted molar refractivity (Wildman–Crippen MR) is 71.0 cm³/mol. The summed E-state index contributed by atoms with van der Waals surface area (Å²) in [6.07, 6.45) is 6.39. The van der Waals surface area contributed by atoms with Crippen molar-refractivity contribution in [3.05, 3.63) is 24.0 Å². The highest BCUT2D eigenvalue weighted by Crippen LogP contribution is 2.31. The van der Waals surface area contributed by atoms with Gasteiger partial charge in [0.15, 0.2) is 5.69 Å². The van der Waals surface area contributed by atoms with Gasteiger partial charge >= 0.3 is 5.97 Å². The van der Waals surface area contributed by atoms with Gasteiger partial charge in [-0.25, -0.2) is 9.78 Å². The highest BCUT2D eigenvalue weighted by molar-refractivity contribution is 5.92. The molecule has 2 rings (SSSR count). The fourth-order valence-corrected chi connectivity index (χ4v) is 2.90. The smallest absolute Gasteiger partial charge is 0.356 e. The molecule has 4 heteroatoms. The van der Waals surface area contributed by atoms with E-state index in [-0.39, 0.29) is 5.69 Å². The Morgan fingerprint density at radius 2 is 2.17 bits per heavy atom. The molecular formula is C14H20N2O2. The second kappa shape index (κ2) is 5.38. The lowest BCUT2D eigenvalue weighted by atomic mass is 9.85. The van der Waals surface area contributed by atoms with E-state index < -0.39 is 5.97 Å². The molecule has 0 aliphatic heterocycles. The number of anilines is 1. The topological polar surface area (TPSA) is 53.4 Å². The van der Waals surface area contributed by atoms with Crippen LogP contribution in [0.3, 0.4) is 0 Å². The van der Waals surface area contributed by atoms with E-state index in [1.165, 1.54) is 25.5 Å². The van der Waals surface area contributed by atoms with Crippen LogP contribution in [-0.2, 0) is 0 Å². The van der Waals surface area contributed by atoms with Gasteiger partial charge in [0.1, 0.15) is 0 Å². The molecule has 2 unspecified atom stereocenters. The first-order valence-electron chi connectivity index (χ1n) is 6.52. The fourth-order valence-electron chi connectivity index (χ4n) is 2.90. The molecule has 18 heavy (non-hydrogen) atoms. The van der Waals surface area contributed by atoms with Crippen LogP contribution in [0.15, 0.2) is 18.3 Å². The van der Waals surface area contributed by atoms with Gasteiger partial charge in [-0.05, 0) is 30.9 Å². The maximum Gasteiger partial charge on any atom is 0.356 e. The van der Waals surface area contributed by atoms with Gasteiger partial charge in [0.05, 0.1) is 5.69 Å². The Balaban J connectivity index is 2.27. The second-order valence-corrected chi connectivity index (χ2v) is 5.12. The van der Waals surface area contributed by atoms with Crippen molar-refractivity contribution in [2.24, 2.45) is 5.92 Å². The van der Waals surface area contributed by atoms with Crippen molar-refractivity contribution >= 4 is 11.7 Å². The third-order valence-corrected chi connectivity index (χ3v) is 3.93. The zero-order valence-corrected chi connectivity index (χ0v) is 11.0. The summed E-state index contributed by atoms with van der Waals surface area (Å²) >= 11 is 0. The van der Waals surface area contributed by atoms with E-state index in [0.717, 1.165) is 12.1 Å². The van der Waals surface area contributed by atoms with Crippen molar-refractivity contribution in [2.75, 3.05) is 11.9 Å². The Morgan fingerprint density at radius 1 is 1.44 bits per heavy atom. The molecule has 4 nitrogen and oxygen atoms in total.